The molecule has 0 radical (unpaired) electrons. The van der Waals surface area contributed by atoms with E-state index in [0.717, 1.165) is 16.7 Å². The van der Waals surface area contributed by atoms with Crippen molar-refractivity contribution in [2.45, 2.75) is 6.61 Å². The first-order chi connectivity index (χ1) is 17.7. The maximum absolute atomic E-state index is 13.5. The highest BCUT2D eigenvalue weighted by Gasteiger charge is 2.36. The second-order valence-corrected chi connectivity index (χ2v) is 10.5. The van der Waals surface area contributed by atoms with Crippen LogP contribution in [0.4, 0.5) is 14.9 Å². The minimum atomic E-state index is -0.571. The van der Waals surface area contributed by atoms with Gasteiger partial charge in [-0.15, -0.1) is 0 Å². The van der Waals surface area contributed by atoms with E-state index >= 15 is 0 Å². The summed E-state index contributed by atoms with van der Waals surface area (Å²) >= 11 is 7.54. The van der Waals surface area contributed by atoms with Gasteiger partial charge in [0.2, 0.25) is 5.91 Å². The molecule has 0 spiro atoms. The van der Waals surface area contributed by atoms with Crippen LogP contribution in [0, 0.1) is 5.82 Å². The third-order valence-electron chi connectivity index (χ3n) is 5.14. The summed E-state index contributed by atoms with van der Waals surface area (Å²) in [5.41, 5.74) is 1.76. The summed E-state index contributed by atoms with van der Waals surface area (Å²) in [5, 5.41) is 2.14. The van der Waals surface area contributed by atoms with E-state index in [0.29, 0.717) is 37.3 Å². The molecule has 0 aromatic heterocycles. The highest BCUT2D eigenvalue weighted by atomic mass is 79.9. The van der Waals surface area contributed by atoms with E-state index in [4.69, 9.17) is 9.47 Å². The molecule has 3 aromatic rings. The number of hydrogen-bond donors (Lipinski definition) is 1. The van der Waals surface area contributed by atoms with Crippen molar-refractivity contribution in [1.29, 1.82) is 0 Å². The highest BCUT2D eigenvalue weighted by molar-refractivity contribution is 9.11. The van der Waals surface area contributed by atoms with Gasteiger partial charge in [0.15, 0.2) is 11.5 Å². The van der Waals surface area contributed by atoms with Crippen LogP contribution in [0.5, 0.6) is 11.5 Å². The molecule has 1 saturated heterocycles. The van der Waals surface area contributed by atoms with Gasteiger partial charge in [-0.25, -0.2) is 4.39 Å². The minimum absolute atomic E-state index is 0.118. The Morgan fingerprint density at radius 2 is 1.86 bits per heavy atom. The Hall–Kier alpha value is -3.15. The first-order valence-corrected chi connectivity index (χ1v) is 13.2. The maximum Gasteiger partial charge on any atom is 0.294 e. The first-order valence-electron chi connectivity index (χ1n) is 10.8. The van der Waals surface area contributed by atoms with Crippen molar-refractivity contribution in [2.75, 3.05) is 19.0 Å². The van der Waals surface area contributed by atoms with Gasteiger partial charge in [-0.2, -0.15) is 0 Å². The largest absolute Gasteiger partial charge is 0.493 e. The number of nitrogens with zero attached hydrogens (tertiary/aromatic N) is 1. The van der Waals surface area contributed by atoms with E-state index in [1.807, 2.05) is 0 Å². The van der Waals surface area contributed by atoms with Crippen LogP contribution in [0.1, 0.15) is 11.1 Å². The molecule has 1 aliphatic heterocycles. The number of ether oxygens (including phenoxy) is 2. The van der Waals surface area contributed by atoms with Crippen molar-refractivity contribution in [3.05, 3.63) is 91.5 Å². The van der Waals surface area contributed by atoms with Crippen molar-refractivity contribution in [1.82, 2.24) is 4.90 Å². The van der Waals surface area contributed by atoms with E-state index < -0.39 is 23.6 Å². The number of imide groups is 1. The number of benzene rings is 3. The maximum atomic E-state index is 13.5. The molecule has 0 saturated carbocycles. The fraction of sp³-hybridized carbons (Fsp3) is 0.115. The van der Waals surface area contributed by atoms with E-state index in [1.54, 1.807) is 54.6 Å². The van der Waals surface area contributed by atoms with Gasteiger partial charge < -0.3 is 14.8 Å². The predicted molar refractivity (Wildman–Crippen MR) is 147 cm³/mol. The fourth-order valence-electron chi connectivity index (χ4n) is 3.43. The molecule has 1 aliphatic rings. The zero-order valence-electron chi connectivity index (χ0n) is 19.3. The number of rotatable bonds is 8. The zero-order chi connectivity index (χ0) is 26.5. The SMILES string of the molecule is COc1cc(/C=C2/SC(=O)N(CC(=O)Nc3ccccc3Br)C2=O)cc(Br)c1OCc1cccc(F)c1. The third kappa shape index (κ3) is 6.60. The molecule has 190 valence electrons. The van der Waals surface area contributed by atoms with Crippen molar-refractivity contribution < 1.29 is 28.2 Å². The standard InChI is InChI=1S/C26H19Br2FN2O5S/c1-35-21-11-16(10-19(28)24(21)36-14-15-5-4-6-17(29)9-15)12-22-25(33)31(26(34)37-22)13-23(32)30-20-8-3-2-7-18(20)27/h2-12H,13-14H2,1H3,(H,30,32)/b22-12+. The van der Waals surface area contributed by atoms with Crippen LogP contribution < -0.4 is 14.8 Å². The summed E-state index contributed by atoms with van der Waals surface area (Å²) in [4.78, 5) is 38.9. The molecule has 4 rings (SSSR count). The molecule has 0 bridgehead atoms. The number of methoxy groups -OCH3 is 1. The third-order valence-corrected chi connectivity index (χ3v) is 7.33. The Bertz CT molecular complexity index is 1420. The van der Waals surface area contributed by atoms with Gasteiger partial charge in [0.05, 0.1) is 22.2 Å². The van der Waals surface area contributed by atoms with Gasteiger partial charge in [-0.1, -0.05) is 24.3 Å². The molecule has 3 amide bonds. The van der Waals surface area contributed by atoms with Crippen molar-refractivity contribution in [2.24, 2.45) is 0 Å². The second-order valence-electron chi connectivity index (χ2n) is 7.75. The number of para-hydroxylation sites is 1. The molecule has 0 unspecified atom stereocenters. The monoisotopic (exact) mass is 648 g/mol. The number of carbonyl (C=O) groups excluding carboxylic acids is 3. The van der Waals surface area contributed by atoms with Crippen LogP contribution in [0.2, 0.25) is 0 Å². The summed E-state index contributed by atoms with van der Waals surface area (Å²) in [6, 6.07) is 16.5. The van der Waals surface area contributed by atoms with E-state index in [2.05, 4.69) is 37.2 Å². The van der Waals surface area contributed by atoms with Gasteiger partial charge in [0.1, 0.15) is 19.0 Å². The lowest BCUT2D eigenvalue weighted by molar-refractivity contribution is -0.127. The predicted octanol–water partition coefficient (Wildman–Crippen LogP) is 6.61. The Balaban J connectivity index is 1.48. The van der Waals surface area contributed by atoms with Crippen molar-refractivity contribution in [3.63, 3.8) is 0 Å². The number of halogens is 3. The Morgan fingerprint density at radius 3 is 2.59 bits per heavy atom. The van der Waals surface area contributed by atoms with E-state index in [1.165, 1.54) is 19.2 Å². The summed E-state index contributed by atoms with van der Waals surface area (Å²) < 4.78 is 26.0. The Kier molecular flexibility index (Phi) is 8.67. The van der Waals surface area contributed by atoms with Crippen molar-refractivity contribution in [3.8, 4) is 11.5 Å². The molecule has 1 fully saturated rings. The number of carbonyl (C=O) groups is 3. The van der Waals surface area contributed by atoms with Gasteiger partial charge in [0, 0.05) is 4.47 Å². The van der Waals surface area contributed by atoms with E-state index in [9.17, 15) is 18.8 Å². The quantitative estimate of drug-likeness (QED) is 0.276. The molecule has 1 heterocycles. The topological polar surface area (TPSA) is 84.9 Å². The molecular weight excluding hydrogens is 631 g/mol. The molecule has 1 N–H and O–H groups in total. The van der Waals surface area contributed by atoms with Crippen LogP contribution in [0.25, 0.3) is 6.08 Å². The molecule has 0 aliphatic carbocycles. The normalized spacial score (nSPS) is 14.3. The van der Waals surface area contributed by atoms with E-state index in [-0.39, 0.29) is 17.3 Å². The molecular formula is C26H19Br2FN2O5S. The van der Waals surface area contributed by atoms with Crippen molar-refractivity contribution >= 4 is 72.4 Å². The van der Waals surface area contributed by atoms with Crippen LogP contribution in [-0.4, -0.2) is 35.6 Å². The van der Waals surface area contributed by atoms with Crippen LogP contribution in [0.3, 0.4) is 0 Å². The molecule has 3 aromatic carbocycles. The summed E-state index contributed by atoms with van der Waals surface area (Å²) in [7, 11) is 1.47. The molecule has 11 heteroatoms. The number of nitrogens with one attached hydrogen (secondary N) is 1. The van der Waals surface area contributed by atoms with Gasteiger partial charge in [-0.05, 0) is 97.2 Å². The average molecular weight is 650 g/mol. The fourth-order valence-corrected chi connectivity index (χ4v) is 5.23. The van der Waals surface area contributed by atoms with Gasteiger partial charge in [0.25, 0.3) is 11.1 Å². The lowest BCUT2D eigenvalue weighted by Gasteiger charge is -2.14. The first kappa shape index (κ1) is 26.9. The van der Waals surface area contributed by atoms with Crippen LogP contribution >= 0.6 is 43.6 Å². The summed E-state index contributed by atoms with van der Waals surface area (Å²) in [5.74, 6) is -0.648. The van der Waals surface area contributed by atoms with Crippen LogP contribution in [0.15, 0.2) is 74.5 Å². The number of thioether (sulfide) groups is 1. The average Bonchev–Trinajstić information content (AvgIpc) is 3.11. The molecule has 7 nitrogen and oxygen atoms in total. The number of anilines is 1. The number of amides is 3. The molecule has 37 heavy (non-hydrogen) atoms. The highest BCUT2D eigenvalue weighted by Crippen LogP contribution is 2.39. The lowest BCUT2D eigenvalue weighted by Crippen LogP contribution is -2.36. The Labute approximate surface area is 233 Å². The van der Waals surface area contributed by atoms with Gasteiger partial charge in [-0.3, -0.25) is 19.3 Å². The number of hydrogen-bond acceptors (Lipinski definition) is 6. The zero-order valence-corrected chi connectivity index (χ0v) is 23.3. The smallest absolute Gasteiger partial charge is 0.294 e. The molecule has 0 atom stereocenters. The second kappa shape index (κ2) is 11.9. The van der Waals surface area contributed by atoms with Gasteiger partial charge >= 0.3 is 0 Å². The van der Waals surface area contributed by atoms with Crippen LogP contribution in [-0.2, 0) is 16.2 Å². The lowest BCUT2D eigenvalue weighted by atomic mass is 10.1. The summed E-state index contributed by atoms with van der Waals surface area (Å²) in [6.45, 7) is -0.296. The minimum Gasteiger partial charge on any atom is -0.493 e. The Morgan fingerprint density at radius 1 is 1.08 bits per heavy atom. The summed E-state index contributed by atoms with van der Waals surface area (Å²) in [6.07, 6.45) is 1.54.